The molecule has 1 aliphatic carbocycles. The van der Waals surface area contributed by atoms with E-state index in [1.54, 1.807) is 85.8 Å². The maximum Gasteiger partial charge on any atom is 0.399 e. The van der Waals surface area contributed by atoms with Crippen LogP contribution >= 0.6 is 0 Å². The molecule has 2 nitrogen and oxygen atoms in total. The Kier molecular flexibility index (Phi) is 7.65. The number of phenols is 1. The Morgan fingerprint density at radius 1 is 0.600 bits per heavy atom. The number of allylic oxidation sites excluding steroid dienone is 3. The van der Waals surface area contributed by atoms with Crippen molar-refractivity contribution in [3.8, 4) is 28.0 Å². The zero-order chi connectivity index (χ0) is 31.8. The maximum atomic E-state index is 16.0. The van der Waals surface area contributed by atoms with Crippen LogP contribution in [0.3, 0.4) is 0 Å². The third-order valence-corrected chi connectivity index (χ3v) is 9.32. The summed E-state index contributed by atoms with van der Waals surface area (Å²) >= 11 is 0. The molecule has 5 aromatic carbocycles. The van der Waals surface area contributed by atoms with Crippen molar-refractivity contribution in [2.45, 2.75) is 31.9 Å². The van der Waals surface area contributed by atoms with E-state index >= 15 is 13.2 Å². The van der Waals surface area contributed by atoms with Crippen LogP contribution in [0.4, 0.5) is 13.2 Å². The summed E-state index contributed by atoms with van der Waals surface area (Å²) in [4.78, 5) is 0. The van der Waals surface area contributed by atoms with Gasteiger partial charge in [0.25, 0.3) is 0 Å². The summed E-state index contributed by atoms with van der Waals surface area (Å²) in [6.07, 6.45) is -3.21. The predicted molar refractivity (Wildman–Crippen MR) is 176 cm³/mol. The summed E-state index contributed by atoms with van der Waals surface area (Å²) < 4.78 is 47.9. The van der Waals surface area contributed by atoms with Crippen LogP contribution < -0.4 is 0 Å². The molecule has 6 rings (SSSR count). The van der Waals surface area contributed by atoms with Crippen molar-refractivity contribution in [1.82, 2.24) is 0 Å². The average Bonchev–Trinajstić information content (AvgIpc) is 3.06. The molecule has 2 N–H and O–H groups in total. The van der Waals surface area contributed by atoms with Crippen molar-refractivity contribution >= 4 is 11.1 Å². The fraction of sp³-hybridized carbons (Fsp3) is 0.150. The topological polar surface area (TPSA) is 40.5 Å². The van der Waals surface area contributed by atoms with Gasteiger partial charge in [-0.2, -0.15) is 13.2 Å². The van der Waals surface area contributed by atoms with Gasteiger partial charge in [0, 0.05) is 27.7 Å². The highest BCUT2D eigenvalue weighted by molar-refractivity contribution is 5.90. The molecule has 0 saturated heterocycles. The van der Waals surface area contributed by atoms with Gasteiger partial charge >= 0.3 is 6.18 Å². The molecule has 5 aromatic rings. The van der Waals surface area contributed by atoms with Crippen molar-refractivity contribution in [3.05, 3.63) is 162 Å². The van der Waals surface area contributed by atoms with Gasteiger partial charge < -0.3 is 10.2 Å². The van der Waals surface area contributed by atoms with Crippen molar-refractivity contribution in [3.63, 3.8) is 0 Å². The van der Waals surface area contributed by atoms with Gasteiger partial charge in [0.2, 0.25) is 0 Å². The number of hydrogen-bond donors (Lipinski definition) is 2. The standard InChI is InChI=1S/C40H33F3O2/c1-38(25-34(29-19-11-5-12-20-29)37(45)35(26-38)30-21-13-6-14-22-30)39(2,40(41,42)43)31-23-32(27-15-7-3-8-16-27)36(44)33(24-31)28-17-9-4-10-18-28/h3-25,44-45H,26H2,1-2H3. The van der Waals surface area contributed by atoms with Crippen molar-refractivity contribution in [2.24, 2.45) is 5.41 Å². The minimum Gasteiger partial charge on any atom is -0.507 e. The second kappa shape index (κ2) is 11.5. The van der Waals surface area contributed by atoms with Crippen LogP contribution in [0.25, 0.3) is 33.4 Å². The molecular weight excluding hydrogens is 569 g/mol. The van der Waals surface area contributed by atoms with Crippen LogP contribution in [0, 0.1) is 5.41 Å². The summed E-state index contributed by atoms with van der Waals surface area (Å²) in [5, 5.41) is 23.2. The van der Waals surface area contributed by atoms with E-state index in [9.17, 15) is 10.2 Å². The Bertz CT molecular complexity index is 1820. The van der Waals surface area contributed by atoms with Crippen LogP contribution in [-0.4, -0.2) is 16.4 Å². The van der Waals surface area contributed by atoms with Crippen LogP contribution in [0.1, 0.15) is 37.0 Å². The highest BCUT2D eigenvalue weighted by Crippen LogP contribution is 2.61. The highest BCUT2D eigenvalue weighted by Gasteiger charge is 2.63. The molecular formula is C40H33F3O2. The molecule has 2 atom stereocenters. The zero-order valence-corrected chi connectivity index (χ0v) is 25.0. The summed E-state index contributed by atoms with van der Waals surface area (Å²) in [6.45, 7) is 2.86. The summed E-state index contributed by atoms with van der Waals surface area (Å²) in [6, 6.07) is 39.0. The van der Waals surface area contributed by atoms with Gasteiger partial charge in [-0.1, -0.05) is 134 Å². The lowest BCUT2D eigenvalue weighted by atomic mass is 9.56. The molecule has 45 heavy (non-hydrogen) atoms. The molecule has 0 spiro atoms. The fourth-order valence-electron chi connectivity index (χ4n) is 6.50. The number of aromatic hydroxyl groups is 1. The second-order valence-electron chi connectivity index (χ2n) is 12.0. The minimum absolute atomic E-state index is 0.0190. The van der Waals surface area contributed by atoms with E-state index in [1.807, 2.05) is 48.5 Å². The number of benzene rings is 5. The third kappa shape index (κ3) is 5.22. The highest BCUT2D eigenvalue weighted by atomic mass is 19.4. The normalized spacial score (nSPS) is 18.3. The average molecular weight is 603 g/mol. The third-order valence-electron chi connectivity index (χ3n) is 9.32. The maximum absolute atomic E-state index is 16.0. The molecule has 0 aromatic heterocycles. The number of hydrogen-bond acceptors (Lipinski definition) is 2. The second-order valence-corrected chi connectivity index (χ2v) is 12.0. The lowest BCUT2D eigenvalue weighted by Crippen LogP contribution is -2.52. The van der Waals surface area contributed by atoms with Crippen LogP contribution in [0.5, 0.6) is 5.75 Å². The lowest BCUT2D eigenvalue weighted by Gasteiger charge is -2.49. The first-order valence-electron chi connectivity index (χ1n) is 14.8. The Hall–Kier alpha value is -5.03. The zero-order valence-electron chi connectivity index (χ0n) is 25.0. The Morgan fingerprint density at radius 3 is 1.42 bits per heavy atom. The van der Waals surface area contributed by atoms with Gasteiger partial charge in [-0.25, -0.2) is 0 Å². The van der Waals surface area contributed by atoms with Crippen molar-refractivity contribution in [2.75, 3.05) is 0 Å². The van der Waals surface area contributed by atoms with E-state index in [-0.39, 0.29) is 23.5 Å². The summed E-state index contributed by atoms with van der Waals surface area (Å²) in [5.41, 5.74) is -0.0756. The van der Waals surface area contributed by atoms with Crippen LogP contribution in [0.2, 0.25) is 0 Å². The molecule has 5 heteroatoms. The van der Waals surface area contributed by atoms with Crippen molar-refractivity contribution < 1.29 is 23.4 Å². The number of aliphatic hydroxyl groups is 1. The monoisotopic (exact) mass is 602 g/mol. The van der Waals surface area contributed by atoms with E-state index in [2.05, 4.69) is 0 Å². The Labute approximate surface area is 261 Å². The van der Waals surface area contributed by atoms with Gasteiger partial charge in [0.1, 0.15) is 11.5 Å². The molecule has 2 unspecified atom stereocenters. The van der Waals surface area contributed by atoms with Crippen LogP contribution in [0.15, 0.2) is 145 Å². The van der Waals surface area contributed by atoms with Gasteiger partial charge in [0.15, 0.2) is 0 Å². The number of rotatable bonds is 6. The number of aliphatic hydroxyl groups excluding tert-OH is 1. The Balaban J connectivity index is 1.66. The SMILES string of the molecule is CC1(C(C)(c2cc(-c3ccccc3)c(O)c(-c3ccccc3)c2)C(F)(F)F)C=C(c2ccccc2)C(O)=C(c2ccccc2)C1. The van der Waals surface area contributed by atoms with E-state index in [0.717, 1.165) is 0 Å². The van der Waals surface area contributed by atoms with Gasteiger partial charge in [0.05, 0.1) is 5.41 Å². The van der Waals surface area contributed by atoms with Gasteiger partial charge in [-0.05, 0) is 53.3 Å². The van der Waals surface area contributed by atoms with Crippen molar-refractivity contribution in [1.29, 1.82) is 0 Å². The first-order valence-corrected chi connectivity index (χ1v) is 14.8. The minimum atomic E-state index is -4.73. The molecule has 0 aliphatic heterocycles. The molecule has 0 fully saturated rings. The largest absolute Gasteiger partial charge is 0.507 e. The lowest BCUT2D eigenvalue weighted by molar-refractivity contribution is -0.210. The smallest absolute Gasteiger partial charge is 0.399 e. The van der Waals surface area contributed by atoms with Crippen LogP contribution in [-0.2, 0) is 5.41 Å². The molecule has 0 bridgehead atoms. The summed E-state index contributed by atoms with van der Waals surface area (Å²) in [7, 11) is 0. The molecule has 0 amide bonds. The molecule has 1 aliphatic rings. The molecule has 0 heterocycles. The predicted octanol–water partition coefficient (Wildman–Crippen LogP) is 11.0. The molecule has 0 saturated carbocycles. The first kappa shape index (κ1) is 30.0. The number of halogens is 3. The fourth-order valence-corrected chi connectivity index (χ4v) is 6.50. The molecule has 0 radical (unpaired) electrons. The molecule has 226 valence electrons. The van der Waals surface area contributed by atoms with E-state index in [0.29, 0.717) is 44.5 Å². The number of phenolic OH excluding ortho intramolecular Hbond substituents is 1. The summed E-state index contributed by atoms with van der Waals surface area (Å²) in [5.74, 6) is -0.118. The number of alkyl halides is 3. The van der Waals surface area contributed by atoms with E-state index in [1.165, 1.54) is 19.1 Å². The Morgan fingerprint density at radius 2 is 1.00 bits per heavy atom. The first-order chi connectivity index (χ1) is 21.5. The van der Waals surface area contributed by atoms with Gasteiger partial charge in [-0.15, -0.1) is 0 Å². The van der Waals surface area contributed by atoms with E-state index < -0.39 is 17.0 Å². The van der Waals surface area contributed by atoms with Gasteiger partial charge in [-0.3, -0.25) is 0 Å². The van der Waals surface area contributed by atoms with E-state index in [4.69, 9.17) is 0 Å². The quantitative estimate of drug-likeness (QED) is 0.203.